The molecule has 0 saturated carbocycles. The fraction of sp³-hybridized carbons (Fsp3) is 0. The Bertz CT molecular complexity index is 4920. The van der Waals surface area contributed by atoms with E-state index in [1.165, 1.54) is 4.22 Å². The summed E-state index contributed by atoms with van der Waals surface area (Å²) in [5.74, 6) is 4.64. The van der Waals surface area contributed by atoms with Gasteiger partial charge in [-0.3, -0.25) is 0 Å². The minimum absolute atomic E-state index is 1.33. The Hall–Kier alpha value is -27.8. The largest absolute Gasteiger partial charge is 0.303 e. The second-order valence-corrected chi connectivity index (χ2v) is 13.3. The van der Waals surface area contributed by atoms with Gasteiger partial charge in [0.15, 0.2) is 0 Å². The van der Waals surface area contributed by atoms with E-state index in [0.717, 1.165) is 0 Å². The monoisotopic (exact) mass is 2130 g/mol. The summed E-state index contributed by atoms with van der Waals surface area (Å²) >= 11 is 1.81. The molecule has 0 aromatic rings. The highest BCUT2D eigenvalue weighted by atomic mass is 127. The van der Waals surface area contributed by atoms with Gasteiger partial charge in [-0.1, -0.05) is 5.22 Å². The molecule has 0 heterocycles. The Morgan fingerprint density at radius 3 is 0.153 bits per heavy atom. The molecule has 0 aliphatic rings. The van der Waals surface area contributed by atoms with E-state index >= 15 is 0 Å². The summed E-state index contributed by atoms with van der Waals surface area (Å²) in [6.07, 6.45) is 0. The summed E-state index contributed by atoms with van der Waals surface area (Å²) in [5, 5.41) is 423. The van der Waals surface area contributed by atoms with Crippen molar-refractivity contribution in [3.8, 4) is 0 Å². The van der Waals surface area contributed by atoms with Crippen molar-refractivity contribution < 1.29 is 0 Å². The summed E-state index contributed by atoms with van der Waals surface area (Å²) in [7, 11) is 0. The highest BCUT2D eigenvalue weighted by molar-refractivity contribution is 14.1. The molecular weight excluding hydrogens is 2130 g/mol. The first-order valence-corrected chi connectivity index (χ1v) is 30.0. The Morgan fingerprint density at radius 2 is 0.111 bits per heavy atom. The highest BCUT2D eigenvalue weighted by Crippen LogP contribution is 2.03. The van der Waals surface area contributed by atoms with Crippen molar-refractivity contribution in [2.75, 3.05) is 0 Å². The van der Waals surface area contributed by atoms with Crippen LogP contribution < -0.4 is 5.84 Å². The fourth-order valence-electron chi connectivity index (χ4n) is 2.52. The molecule has 0 atom stereocenters. The molecule has 0 spiro atoms. The van der Waals surface area contributed by atoms with Crippen molar-refractivity contribution >= 4 is 26.8 Å². The van der Waals surface area contributed by atoms with Gasteiger partial charge < -0.3 is 5.84 Å². The molecule has 142 nitrogen and oxygen atoms in total. The van der Waals surface area contributed by atoms with Gasteiger partial charge in [0.1, 0.15) is 0 Å². The molecule has 0 fully saturated rings. The third kappa shape index (κ3) is 114. The predicted molar refractivity (Wildman–Crippen MR) is 367 cm³/mol. The van der Waals surface area contributed by atoms with Crippen LogP contribution in [0.15, 0.2) is 736 Å². The molecular formula is CH3IN142. The third-order valence-corrected chi connectivity index (χ3v) is 5.92. The second kappa shape index (κ2) is 115. The lowest BCUT2D eigenvalue weighted by Crippen LogP contribution is -1.70. The van der Waals surface area contributed by atoms with Crippen LogP contribution in [0.1, 0.15) is 0 Å². The third-order valence-electron chi connectivity index (χ3n) is 5.67. The van der Waals surface area contributed by atoms with Crippen molar-refractivity contribution in [3.05, 3.63) is 0 Å². The Balaban J connectivity index is 4.14. The molecule has 0 rings (SSSR count). The van der Waals surface area contributed by atoms with Crippen LogP contribution in [0.4, 0.5) is 0 Å². The predicted octanol–water partition coefficient (Wildman–Crippen LogP) is 26.0. The average molecular weight is 2130 g/mol. The summed E-state index contributed by atoms with van der Waals surface area (Å²) in [4.78, 5) is 0. The first-order valence-electron chi connectivity index (χ1n) is 28.7. The first kappa shape index (κ1) is 116. The summed E-state index contributed by atoms with van der Waals surface area (Å²) in [5.41, 5.74) is 0. The summed E-state index contributed by atoms with van der Waals surface area (Å²) in [6, 6.07) is 0. The number of hydrogen-bond acceptors (Lipinski definition) is 2. The maximum absolute atomic E-state index is 4.64. The minimum Gasteiger partial charge on any atom is -0.303 e. The van der Waals surface area contributed by atoms with Crippen LogP contribution in [0.25, 0.3) is 0 Å². The lowest BCUT2D eigenvalue weighted by atomic mass is 11.7. The van der Waals surface area contributed by atoms with E-state index in [1.54, 1.807) is 0 Å². The molecule has 0 radical (unpaired) electrons. The maximum atomic E-state index is 4.64. The van der Waals surface area contributed by atoms with E-state index in [9.17, 15) is 0 Å². The van der Waals surface area contributed by atoms with Crippen molar-refractivity contribution in [2.45, 2.75) is 0 Å². The Labute approximate surface area is 767 Å². The average Bonchev–Trinajstić information content (AvgIpc) is 1.12. The number of hydrogen-bond donors (Lipinski definition) is 1. The zero-order valence-electron chi connectivity index (χ0n) is 64.6. The Kier molecular flexibility index (Phi) is 93.0. The molecule has 0 aromatic heterocycles. The summed E-state index contributed by atoms with van der Waals surface area (Å²) in [6.45, 7) is 0. The van der Waals surface area contributed by atoms with Crippen molar-refractivity contribution in [1.82, 2.24) is 0 Å². The van der Waals surface area contributed by atoms with E-state index in [4.69, 9.17) is 0 Å². The summed E-state index contributed by atoms with van der Waals surface area (Å²) < 4.78 is 1.33. The zero-order valence-corrected chi connectivity index (χ0v) is 66.7. The molecule has 724 valence electrons. The fourth-order valence-corrected chi connectivity index (χ4v) is 2.63. The normalized spacial score (nSPS) is 15.8. The molecule has 2 N–H and O–H groups in total. The number of nitrogens with zero attached hydrogens (tertiary/aromatic N) is 141. The van der Waals surface area contributed by atoms with E-state index in [2.05, 4.69) is 742 Å². The zero-order chi connectivity index (χ0) is 102. The molecule has 0 aliphatic carbocycles. The second-order valence-electron chi connectivity index (χ2n) is 12.8. The number of halogens is 1. The molecule has 144 heavy (non-hydrogen) atoms. The van der Waals surface area contributed by atoms with Gasteiger partial charge in [-0.05, 0) is 101 Å². The van der Waals surface area contributed by atoms with Crippen LogP contribution in [-0.4, -0.2) is 4.22 Å². The van der Waals surface area contributed by atoms with Gasteiger partial charge in [0, 0.05) is 648 Å². The molecule has 0 aromatic carbocycles. The lowest BCUT2D eigenvalue weighted by Gasteiger charge is -1.71. The quantitative estimate of drug-likeness (QED) is 0.0200. The van der Waals surface area contributed by atoms with Gasteiger partial charge in [0.2, 0.25) is 0 Å². The topological polar surface area (TPSA) is 1770 Å². The smallest absolute Gasteiger partial charge is 0.0897 e. The lowest BCUT2D eigenvalue weighted by molar-refractivity contribution is 0.722. The van der Waals surface area contributed by atoms with Gasteiger partial charge in [0.25, 0.3) is 0 Å². The molecule has 143 heteroatoms. The van der Waals surface area contributed by atoms with Gasteiger partial charge in [-0.25, -0.2) is 0 Å². The van der Waals surface area contributed by atoms with Crippen LogP contribution in [0.5, 0.6) is 0 Å². The Morgan fingerprint density at radius 1 is 0.0694 bits per heavy atom. The molecule has 0 saturated heterocycles. The number of rotatable bonds is 70. The van der Waals surface area contributed by atoms with Gasteiger partial charge in [0.05, 0.1) is 4.22 Å². The van der Waals surface area contributed by atoms with Crippen molar-refractivity contribution in [3.63, 3.8) is 0 Å². The molecule has 0 amide bonds. The van der Waals surface area contributed by atoms with E-state index < -0.39 is 0 Å². The van der Waals surface area contributed by atoms with Crippen LogP contribution >= 0.6 is 22.6 Å². The first-order chi connectivity index (χ1) is 71.9. The molecule has 0 unspecified atom stereocenters. The van der Waals surface area contributed by atoms with Crippen molar-refractivity contribution in [2.24, 2.45) is 742 Å². The van der Waals surface area contributed by atoms with Crippen LogP contribution in [0, 0.1) is 0 Å². The van der Waals surface area contributed by atoms with Gasteiger partial charge in [-0.2, -0.15) is 0 Å². The number of nitrogens with two attached hydrogens (primary N) is 1. The van der Waals surface area contributed by atoms with E-state index in [0.29, 0.717) is 0 Å². The van der Waals surface area contributed by atoms with E-state index in [-0.39, 0.29) is 0 Å². The SMILES string of the molecule is NN=NN=NN=NN=NN=NN=NN=NN=NN=NN=NN=NN=NN=NN=NN=NN=NN=NN=NN=NN=NN=NN=NN=NN=NN=NN=NN=NN=NN=NN=NN=NN=NN=NN=NN=NN=NN=NN=NN=NN=NN=NN=NN=NN=NN=NN=NN=NN=NN=NN=NN=NN=NN=NN=NN=NN=NN=NN=NN=NN=NN=NN=NN=NN=NN=NN=NN=NN=NN=NN=NN=CI. The standard InChI is InChI=1S/CH3IN142/c2-1-4-6-8-10-12-14-16-18-20-22-24-26-28-30-32-34-36-38-40-42-44-46-48-50-52-54-56-58-60-62-64-66-68-70-72-74-76-78-80-82-84-86-88-90-92-94-96-98-100-102-104-106-108-110-112-114-116-118-120-122-124-126-128-130-132-134-136-138-140-142-144-143-141-139-137-135-133-131-129-127-125-123-121-119-117-115-113-111-109-107-105-103-101-99-97-95-93-91-89-87-85-83-81-79-77-75-73-71-69-67-65-63-61-59-57-55-53-51-49-47-45-43-41-39-37-35-33-31-29-27-25-23-21-19-17-15-13-11-9-7-5-3/h1H,(H2,3,6,7,10,11,14,15,18,19,22,23,26,27,30,31,34,35,38,39,42,43,46,47,50,51,54,55,58,59,62,63,66,67,70,71,74,75,78,79,82,83,86,87,90,91,94,95,98,99,102,103,106,107,110,111,114,115,118,119,122,123,126,127,130,131,134,135,138,139,142,143). The molecule has 0 bridgehead atoms. The maximum Gasteiger partial charge on any atom is 0.0897 e. The van der Waals surface area contributed by atoms with E-state index in [1.807, 2.05) is 22.6 Å². The highest BCUT2D eigenvalue weighted by Gasteiger charge is 1.84. The van der Waals surface area contributed by atoms with Crippen molar-refractivity contribution in [1.29, 1.82) is 0 Å². The van der Waals surface area contributed by atoms with Crippen LogP contribution in [0.2, 0.25) is 0 Å². The molecule has 0 aliphatic heterocycles. The van der Waals surface area contributed by atoms with Crippen LogP contribution in [-0.2, 0) is 0 Å². The minimum atomic E-state index is 1.33. The van der Waals surface area contributed by atoms with Crippen LogP contribution in [0.3, 0.4) is 0 Å². The van der Waals surface area contributed by atoms with Gasteiger partial charge >= 0.3 is 0 Å². The van der Waals surface area contributed by atoms with Gasteiger partial charge in [-0.15, -0.1) is 5.10 Å².